The summed E-state index contributed by atoms with van der Waals surface area (Å²) in [6, 6.07) is 11.2. The van der Waals surface area contributed by atoms with Gasteiger partial charge in [0.05, 0.1) is 19.8 Å². The van der Waals surface area contributed by atoms with Gasteiger partial charge < -0.3 is 15.4 Å². The first-order valence-corrected chi connectivity index (χ1v) is 9.63. The van der Waals surface area contributed by atoms with Gasteiger partial charge in [-0.3, -0.25) is 9.89 Å². The third kappa shape index (κ3) is 7.80. The largest absolute Gasteiger partial charge is 0.379 e. The molecule has 1 fully saturated rings. The molecule has 0 bridgehead atoms. The Balaban J connectivity index is 0.00000338. The van der Waals surface area contributed by atoms with Crippen molar-refractivity contribution in [2.24, 2.45) is 4.99 Å². The number of halogens is 1. The standard InChI is InChI=1S/C20H34N4O.HI/c1-4-18(19-9-7-6-8-10-19)16-23-20(21-5-2)22-15-17(3)24-11-13-25-14-12-24;/h6-10,17-18H,4-5,11-16H2,1-3H3,(H2,21,22,23);1H. The van der Waals surface area contributed by atoms with Gasteiger partial charge in [-0.2, -0.15) is 0 Å². The summed E-state index contributed by atoms with van der Waals surface area (Å²) >= 11 is 0. The lowest BCUT2D eigenvalue weighted by molar-refractivity contribution is 0.0220. The van der Waals surface area contributed by atoms with Crippen LogP contribution < -0.4 is 10.6 Å². The predicted molar refractivity (Wildman–Crippen MR) is 121 cm³/mol. The lowest BCUT2D eigenvalue weighted by Gasteiger charge is -2.31. The van der Waals surface area contributed by atoms with Crippen LogP contribution in [0.15, 0.2) is 35.3 Å². The van der Waals surface area contributed by atoms with Crippen molar-refractivity contribution >= 4 is 29.9 Å². The van der Waals surface area contributed by atoms with Crippen molar-refractivity contribution in [3.05, 3.63) is 35.9 Å². The van der Waals surface area contributed by atoms with Crippen LogP contribution in [0.4, 0.5) is 0 Å². The summed E-state index contributed by atoms with van der Waals surface area (Å²) in [6.07, 6.45) is 1.11. The number of hydrogen-bond donors (Lipinski definition) is 2. The molecule has 1 saturated heterocycles. The molecule has 5 nitrogen and oxygen atoms in total. The second kappa shape index (κ2) is 13.3. The Bertz CT molecular complexity index is 506. The molecule has 0 amide bonds. The zero-order chi connectivity index (χ0) is 17.9. The number of rotatable bonds is 8. The molecule has 1 aromatic carbocycles. The van der Waals surface area contributed by atoms with Crippen molar-refractivity contribution in [3.8, 4) is 0 Å². The summed E-state index contributed by atoms with van der Waals surface area (Å²) in [5.41, 5.74) is 1.38. The summed E-state index contributed by atoms with van der Waals surface area (Å²) < 4.78 is 5.43. The summed E-state index contributed by atoms with van der Waals surface area (Å²) in [5.74, 6) is 1.42. The van der Waals surface area contributed by atoms with E-state index in [-0.39, 0.29) is 24.0 Å². The van der Waals surface area contributed by atoms with E-state index in [9.17, 15) is 0 Å². The van der Waals surface area contributed by atoms with Crippen molar-refractivity contribution < 1.29 is 4.74 Å². The minimum absolute atomic E-state index is 0. The van der Waals surface area contributed by atoms with E-state index in [0.29, 0.717) is 12.0 Å². The van der Waals surface area contributed by atoms with Crippen molar-refractivity contribution in [1.29, 1.82) is 0 Å². The molecule has 1 aromatic rings. The van der Waals surface area contributed by atoms with Crippen LogP contribution in [0.2, 0.25) is 0 Å². The Labute approximate surface area is 176 Å². The van der Waals surface area contributed by atoms with Crippen molar-refractivity contribution in [1.82, 2.24) is 15.5 Å². The van der Waals surface area contributed by atoms with Crippen LogP contribution in [0, 0.1) is 0 Å². The fourth-order valence-electron chi connectivity index (χ4n) is 3.14. The van der Waals surface area contributed by atoms with Crippen LogP contribution in [0.1, 0.15) is 38.7 Å². The Morgan fingerprint density at radius 3 is 2.46 bits per heavy atom. The van der Waals surface area contributed by atoms with E-state index in [1.165, 1.54) is 5.56 Å². The molecule has 148 valence electrons. The number of nitrogens with zero attached hydrogens (tertiary/aromatic N) is 2. The minimum Gasteiger partial charge on any atom is -0.379 e. The van der Waals surface area contributed by atoms with Gasteiger partial charge >= 0.3 is 0 Å². The van der Waals surface area contributed by atoms with Crippen LogP contribution >= 0.6 is 24.0 Å². The molecule has 2 rings (SSSR count). The number of benzene rings is 1. The highest BCUT2D eigenvalue weighted by atomic mass is 127. The molecule has 0 spiro atoms. The van der Waals surface area contributed by atoms with Gasteiger partial charge in [0.15, 0.2) is 5.96 Å². The Morgan fingerprint density at radius 2 is 1.85 bits per heavy atom. The fraction of sp³-hybridized carbons (Fsp3) is 0.650. The molecule has 6 heteroatoms. The summed E-state index contributed by atoms with van der Waals surface area (Å²) in [7, 11) is 0. The van der Waals surface area contributed by atoms with Gasteiger partial charge in [-0.25, -0.2) is 0 Å². The second-order valence-electron chi connectivity index (χ2n) is 6.61. The quantitative estimate of drug-likeness (QED) is 0.346. The van der Waals surface area contributed by atoms with E-state index in [0.717, 1.165) is 58.3 Å². The highest BCUT2D eigenvalue weighted by molar-refractivity contribution is 14.0. The smallest absolute Gasteiger partial charge is 0.191 e. The lowest BCUT2D eigenvalue weighted by atomic mass is 9.97. The number of morpholine rings is 1. The third-order valence-electron chi connectivity index (χ3n) is 4.81. The molecule has 1 aliphatic heterocycles. The van der Waals surface area contributed by atoms with E-state index >= 15 is 0 Å². The van der Waals surface area contributed by atoms with Gasteiger partial charge in [-0.05, 0) is 25.8 Å². The third-order valence-corrected chi connectivity index (χ3v) is 4.81. The Morgan fingerprint density at radius 1 is 1.15 bits per heavy atom. The lowest BCUT2D eigenvalue weighted by Crippen LogP contribution is -2.45. The Hall–Kier alpha value is -0.860. The molecule has 26 heavy (non-hydrogen) atoms. The van der Waals surface area contributed by atoms with Crippen LogP contribution in [-0.2, 0) is 4.74 Å². The maximum Gasteiger partial charge on any atom is 0.191 e. The first kappa shape index (κ1) is 23.2. The maximum absolute atomic E-state index is 5.43. The molecule has 2 unspecified atom stereocenters. The van der Waals surface area contributed by atoms with Crippen molar-refractivity contribution in [2.45, 2.75) is 39.2 Å². The number of ether oxygens (including phenoxy) is 1. The first-order chi connectivity index (χ1) is 12.2. The van der Waals surface area contributed by atoms with Gasteiger partial charge in [-0.15, -0.1) is 24.0 Å². The zero-order valence-electron chi connectivity index (χ0n) is 16.4. The molecular formula is C20H35IN4O. The number of guanidine groups is 1. The highest BCUT2D eigenvalue weighted by Gasteiger charge is 2.17. The van der Waals surface area contributed by atoms with Gasteiger partial charge in [0.2, 0.25) is 0 Å². The molecule has 1 aliphatic rings. The van der Waals surface area contributed by atoms with Crippen LogP contribution in [0.25, 0.3) is 0 Å². The van der Waals surface area contributed by atoms with E-state index in [1.807, 2.05) is 0 Å². The molecule has 0 aliphatic carbocycles. The number of aliphatic imine (C=N–C) groups is 1. The molecule has 2 atom stereocenters. The molecule has 1 heterocycles. The number of nitrogens with one attached hydrogen (secondary N) is 2. The zero-order valence-corrected chi connectivity index (χ0v) is 18.7. The first-order valence-electron chi connectivity index (χ1n) is 9.63. The SMILES string of the molecule is CCNC(=NCC(C)N1CCOCC1)NCC(CC)c1ccccc1.I. The normalized spacial score (nSPS) is 17.9. The fourth-order valence-corrected chi connectivity index (χ4v) is 3.14. The van der Waals surface area contributed by atoms with E-state index < -0.39 is 0 Å². The van der Waals surface area contributed by atoms with E-state index in [4.69, 9.17) is 9.73 Å². The van der Waals surface area contributed by atoms with E-state index in [2.05, 4.69) is 66.6 Å². The second-order valence-corrected chi connectivity index (χ2v) is 6.61. The minimum atomic E-state index is 0. The average Bonchev–Trinajstić information content (AvgIpc) is 2.67. The summed E-state index contributed by atoms with van der Waals surface area (Å²) in [5, 5.41) is 6.89. The average molecular weight is 474 g/mol. The maximum atomic E-state index is 5.43. The van der Waals surface area contributed by atoms with Crippen molar-refractivity contribution in [3.63, 3.8) is 0 Å². The Kier molecular flexibility index (Phi) is 11.9. The number of hydrogen-bond acceptors (Lipinski definition) is 3. The van der Waals surface area contributed by atoms with E-state index in [1.54, 1.807) is 0 Å². The molecular weight excluding hydrogens is 439 g/mol. The van der Waals surface area contributed by atoms with Crippen LogP contribution in [0.5, 0.6) is 0 Å². The molecule has 0 radical (unpaired) electrons. The molecule has 0 aromatic heterocycles. The van der Waals surface area contributed by atoms with Crippen LogP contribution in [-0.4, -0.2) is 62.8 Å². The van der Waals surface area contributed by atoms with Gasteiger partial charge in [0, 0.05) is 38.1 Å². The predicted octanol–water partition coefficient (Wildman–Crippen LogP) is 3.07. The summed E-state index contributed by atoms with van der Waals surface area (Å²) in [4.78, 5) is 7.25. The van der Waals surface area contributed by atoms with Crippen molar-refractivity contribution in [2.75, 3.05) is 45.9 Å². The topological polar surface area (TPSA) is 48.9 Å². The van der Waals surface area contributed by atoms with Gasteiger partial charge in [0.1, 0.15) is 0 Å². The molecule has 2 N–H and O–H groups in total. The monoisotopic (exact) mass is 474 g/mol. The van der Waals surface area contributed by atoms with Gasteiger partial charge in [-0.1, -0.05) is 37.3 Å². The highest BCUT2D eigenvalue weighted by Crippen LogP contribution is 2.17. The van der Waals surface area contributed by atoms with Gasteiger partial charge in [0.25, 0.3) is 0 Å². The molecule has 0 saturated carbocycles. The van der Waals surface area contributed by atoms with Crippen LogP contribution in [0.3, 0.4) is 0 Å². The summed E-state index contributed by atoms with van der Waals surface area (Å²) in [6.45, 7) is 12.9.